The fourth-order valence-electron chi connectivity index (χ4n) is 1.53. The molecule has 0 spiro atoms. The zero-order valence-corrected chi connectivity index (χ0v) is 11.0. The average Bonchev–Trinajstić information content (AvgIpc) is 2.08. The zero-order chi connectivity index (χ0) is 14.1. The predicted octanol–water partition coefficient (Wildman–Crippen LogP) is 0.476. The minimum atomic E-state index is -4.35. The highest BCUT2D eigenvalue weighted by Crippen LogP contribution is 2.26. The van der Waals surface area contributed by atoms with Crippen molar-refractivity contribution in [2.45, 2.75) is 18.4 Å². The van der Waals surface area contributed by atoms with Gasteiger partial charge in [-0.1, -0.05) is 6.07 Å². The molecule has 1 aromatic rings. The second-order valence-corrected chi connectivity index (χ2v) is 6.78. The number of rotatable bonds is 4. The van der Waals surface area contributed by atoms with Crippen LogP contribution in [0.15, 0.2) is 12.1 Å². The summed E-state index contributed by atoms with van der Waals surface area (Å²) < 4.78 is 60.3. The topological polar surface area (TPSA) is 129 Å². The highest BCUT2D eigenvalue weighted by atomic mass is 32.2. The van der Waals surface area contributed by atoms with Crippen LogP contribution < -0.4 is 0 Å². The van der Waals surface area contributed by atoms with Crippen LogP contribution in [0.5, 0.6) is 5.75 Å². The Morgan fingerprint density at radius 2 is 1.50 bits per heavy atom. The minimum Gasteiger partial charge on any atom is -0.507 e. The Kier molecular flexibility index (Phi) is 4.01. The molecule has 1 aromatic carbocycles. The van der Waals surface area contributed by atoms with Crippen molar-refractivity contribution < 1.29 is 31.0 Å². The van der Waals surface area contributed by atoms with E-state index in [0.29, 0.717) is 0 Å². The third kappa shape index (κ3) is 4.61. The fraction of sp³-hybridized carbons (Fsp3) is 0.333. The van der Waals surface area contributed by atoms with Crippen LogP contribution in [-0.2, 0) is 31.7 Å². The minimum absolute atomic E-state index is 0.117. The monoisotopic (exact) mass is 296 g/mol. The van der Waals surface area contributed by atoms with Crippen LogP contribution in [0.25, 0.3) is 0 Å². The van der Waals surface area contributed by atoms with Gasteiger partial charge in [0.15, 0.2) is 0 Å². The maximum Gasteiger partial charge on any atom is 0.269 e. The number of hydrogen-bond acceptors (Lipinski definition) is 5. The van der Waals surface area contributed by atoms with Gasteiger partial charge >= 0.3 is 0 Å². The van der Waals surface area contributed by atoms with E-state index < -0.39 is 31.7 Å². The molecule has 0 aliphatic carbocycles. The van der Waals surface area contributed by atoms with Crippen molar-refractivity contribution in [2.24, 2.45) is 0 Å². The van der Waals surface area contributed by atoms with Gasteiger partial charge in [0.1, 0.15) is 17.3 Å². The molecule has 0 saturated carbocycles. The Morgan fingerprint density at radius 1 is 1.00 bits per heavy atom. The third-order valence-electron chi connectivity index (χ3n) is 2.13. The molecule has 0 amide bonds. The van der Waals surface area contributed by atoms with E-state index in [1.807, 2.05) is 0 Å². The Hall–Kier alpha value is -1.16. The number of hydrogen-bond donors (Lipinski definition) is 3. The molecule has 7 nitrogen and oxygen atoms in total. The molecule has 0 unspecified atom stereocenters. The summed E-state index contributed by atoms with van der Waals surface area (Å²) in [5.74, 6) is -1.88. The molecular weight excluding hydrogens is 284 g/mol. The van der Waals surface area contributed by atoms with Crippen molar-refractivity contribution in [1.29, 1.82) is 0 Å². The molecule has 0 aliphatic rings. The molecule has 0 saturated heterocycles. The summed E-state index contributed by atoms with van der Waals surface area (Å²) in [6.45, 7) is 1.44. The van der Waals surface area contributed by atoms with Crippen molar-refractivity contribution in [3.8, 4) is 5.75 Å². The molecular formula is C9H12O7S2. The second kappa shape index (κ2) is 4.84. The summed E-state index contributed by atoms with van der Waals surface area (Å²) >= 11 is 0. The first-order valence-corrected chi connectivity index (χ1v) is 7.91. The van der Waals surface area contributed by atoms with Crippen molar-refractivity contribution in [3.63, 3.8) is 0 Å². The van der Waals surface area contributed by atoms with Gasteiger partial charge in [-0.15, -0.1) is 0 Å². The molecule has 0 atom stereocenters. The van der Waals surface area contributed by atoms with Crippen molar-refractivity contribution in [1.82, 2.24) is 0 Å². The lowest BCUT2D eigenvalue weighted by molar-refractivity contribution is 0.458. The van der Waals surface area contributed by atoms with Gasteiger partial charge in [-0.25, -0.2) is 0 Å². The summed E-state index contributed by atoms with van der Waals surface area (Å²) in [6, 6.07) is 2.40. The molecule has 3 N–H and O–H groups in total. The molecule has 0 fully saturated rings. The molecule has 0 aromatic heterocycles. The van der Waals surface area contributed by atoms with Crippen molar-refractivity contribution in [3.05, 3.63) is 28.8 Å². The van der Waals surface area contributed by atoms with Gasteiger partial charge in [0, 0.05) is 5.56 Å². The van der Waals surface area contributed by atoms with Gasteiger partial charge in [-0.2, -0.15) is 16.8 Å². The normalized spacial score (nSPS) is 12.6. The lowest BCUT2D eigenvalue weighted by Gasteiger charge is -2.09. The van der Waals surface area contributed by atoms with E-state index in [4.69, 9.17) is 9.11 Å². The molecule has 0 bridgehead atoms. The molecule has 1 rings (SSSR count). The SMILES string of the molecule is Cc1cc(CS(=O)(=O)O)cc(CS(=O)(=O)O)c1O. The average molecular weight is 296 g/mol. The van der Waals surface area contributed by atoms with E-state index in [-0.39, 0.29) is 22.4 Å². The summed E-state index contributed by atoms with van der Waals surface area (Å²) in [6.07, 6.45) is 0. The van der Waals surface area contributed by atoms with E-state index in [1.54, 1.807) is 0 Å². The molecule has 0 radical (unpaired) electrons. The largest absolute Gasteiger partial charge is 0.507 e. The van der Waals surface area contributed by atoms with E-state index >= 15 is 0 Å². The van der Waals surface area contributed by atoms with Crippen molar-refractivity contribution in [2.75, 3.05) is 0 Å². The van der Waals surface area contributed by atoms with Gasteiger partial charge in [0.05, 0.1) is 0 Å². The number of aromatic hydroxyl groups is 1. The lowest BCUT2D eigenvalue weighted by Crippen LogP contribution is -2.06. The van der Waals surface area contributed by atoms with Crippen LogP contribution in [0, 0.1) is 6.92 Å². The van der Waals surface area contributed by atoms with Gasteiger partial charge < -0.3 is 5.11 Å². The summed E-state index contributed by atoms with van der Waals surface area (Å²) in [5.41, 5.74) is 0.234. The Balaban J connectivity index is 3.27. The Bertz CT molecular complexity index is 658. The number of aryl methyl sites for hydroxylation is 1. The fourth-order valence-corrected chi connectivity index (χ4v) is 2.73. The summed E-state index contributed by atoms with van der Waals surface area (Å²) in [5, 5.41) is 9.60. The Morgan fingerprint density at radius 3 is 1.94 bits per heavy atom. The molecule has 0 heterocycles. The first kappa shape index (κ1) is 14.9. The van der Waals surface area contributed by atoms with E-state index in [1.165, 1.54) is 13.0 Å². The molecule has 9 heteroatoms. The predicted molar refractivity (Wildman–Crippen MR) is 63.3 cm³/mol. The highest BCUT2D eigenvalue weighted by molar-refractivity contribution is 7.85. The number of phenolic OH excluding ortho intramolecular Hbond substituents is 1. The van der Waals surface area contributed by atoms with E-state index in [9.17, 15) is 21.9 Å². The zero-order valence-electron chi connectivity index (χ0n) is 9.36. The maximum atomic E-state index is 10.7. The first-order valence-electron chi connectivity index (χ1n) is 4.69. The van der Waals surface area contributed by atoms with Crippen LogP contribution in [0.3, 0.4) is 0 Å². The first-order chi connectivity index (χ1) is 7.98. The smallest absolute Gasteiger partial charge is 0.269 e. The van der Waals surface area contributed by atoms with Gasteiger partial charge in [0.25, 0.3) is 20.2 Å². The van der Waals surface area contributed by atoms with Crippen LogP contribution in [-0.4, -0.2) is 31.0 Å². The van der Waals surface area contributed by atoms with E-state index in [0.717, 1.165) is 6.07 Å². The number of phenols is 1. The summed E-state index contributed by atoms with van der Waals surface area (Å²) in [4.78, 5) is 0. The quantitative estimate of drug-likeness (QED) is 0.689. The van der Waals surface area contributed by atoms with Crippen LogP contribution in [0.4, 0.5) is 0 Å². The van der Waals surface area contributed by atoms with E-state index in [2.05, 4.69) is 0 Å². The van der Waals surface area contributed by atoms with Crippen LogP contribution in [0.1, 0.15) is 16.7 Å². The van der Waals surface area contributed by atoms with Crippen molar-refractivity contribution >= 4 is 20.2 Å². The van der Waals surface area contributed by atoms with Crippen LogP contribution in [0.2, 0.25) is 0 Å². The highest BCUT2D eigenvalue weighted by Gasteiger charge is 2.16. The Labute approximate surface area is 105 Å². The van der Waals surface area contributed by atoms with Gasteiger partial charge in [-0.3, -0.25) is 9.11 Å². The second-order valence-electron chi connectivity index (χ2n) is 3.87. The maximum absolute atomic E-state index is 10.7. The molecule has 102 valence electrons. The summed E-state index contributed by atoms with van der Waals surface area (Å²) in [7, 11) is -8.61. The lowest BCUT2D eigenvalue weighted by atomic mass is 10.1. The standard InChI is InChI=1S/C9H12O7S2/c1-6-2-7(4-17(11,12)13)3-8(9(6)10)5-18(14,15)16/h2-3,10H,4-5H2,1H3,(H,11,12,13)(H,14,15,16). The number of benzene rings is 1. The molecule has 0 aliphatic heterocycles. The third-order valence-corrected chi connectivity index (χ3v) is 3.50. The van der Waals surface area contributed by atoms with Crippen LogP contribution >= 0.6 is 0 Å². The molecule has 18 heavy (non-hydrogen) atoms. The van der Waals surface area contributed by atoms with Gasteiger partial charge in [-0.05, 0) is 24.1 Å². The van der Waals surface area contributed by atoms with Gasteiger partial charge in [0.2, 0.25) is 0 Å².